The molecule has 2 amide bonds. The van der Waals surface area contributed by atoms with Crippen molar-refractivity contribution in [2.75, 3.05) is 5.32 Å². The van der Waals surface area contributed by atoms with Gasteiger partial charge in [0.1, 0.15) is 5.00 Å². The summed E-state index contributed by atoms with van der Waals surface area (Å²) in [6.07, 6.45) is 7.87. The molecule has 150 valence electrons. The van der Waals surface area contributed by atoms with E-state index in [1.165, 1.54) is 46.0 Å². The largest absolute Gasteiger partial charge is 0.322 e. The van der Waals surface area contributed by atoms with Crippen molar-refractivity contribution >= 4 is 39.0 Å². The minimum absolute atomic E-state index is 0.0319. The monoisotopic (exact) mass is 469 g/mol. The van der Waals surface area contributed by atoms with E-state index in [0.717, 1.165) is 23.0 Å². The second-order valence-electron chi connectivity index (χ2n) is 7.79. The molecule has 0 saturated heterocycles. The third kappa shape index (κ3) is 3.32. The Bertz CT molecular complexity index is 1050. The van der Waals surface area contributed by atoms with Crippen molar-refractivity contribution in [3.05, 3.63) is 68.8 Å². The van der Waals surface area contributed by atoms with Crippen molar-refractivity contribution in [3.63, 3.8) is 0 Å². The number of carbonyl (C=O) groups excluding carboxylic acids is 1. The van der Waals surface area contributed by atoms with Gasteiger partial charge in [-0.1, -0.05) is 22.9 Å². The van der Waals surface area contributed by atoms with Crippen LogP contribution >= 0.6 is 27.3 Å². The number of amides is 2. The molecule has 3 heterocycles. The molecule has 1 aliphatic heterocycles. The summed E-state index contributed by atoms with van der Waals surface area (Å²) in [5, 5.41) is 4.43. The molecule has 29 heavy (non-hydrogen) atoms. The first-order valence-corrected chi connectivity index (χ1v) is 11.9. The molecule has 1 aromatic carbocycles. The van der Waals surface area contributed by atoms with Gasteiger partial charge in [-0.25, -0.2) is 4.79 Å². The van der Waals surface area contributed by atoms with Gasteiger partial charge in [0.15, 0.2) is 0 Å². The van der Waals surface area contributed by atoms with Gasteiger partial charge in [-0.2, -0.15) is 0 Å². The fourth-order valence-corrected chi connectivity index (χ4v) is 6.30. The fourth-order valence-electron chi connectivity index (χ4n) is 4.64. The van der Waals surface area contributed by atoms with Crippen molar-refractivity contribution in [1.29, 1.82) is 0 Å². The summed E-state index contributed by atoms with van der Waals surface area (Å²) in [4.78, 5) is 16.9. The number of aryl methyl sites for hydroxylation is 1. The van der Waals surface area contributed by atoms with E-state index in [4.69, 9.17) is 0 Å². The Morgan fingerprint density at radius 3 is 2.76 bits per heavy atom. The second kappa shape index (κ2) is 7.65. The zero-order chi connectivity index (χ0) is 20.0. The Kier molecular flexibility index (Phi) is 5.00. The Labute approximate surface area is 183 Å². The Morgan fingerprint density at radius 2 is 1.97 bits per heavy atom. The van der Waals surface area contributed by atoms with Crippen molar-refractivity contribution in [2.45, 2.75) is 51.6 Å². The van der Waals surface area contributed by atoms with Crippen LogP contribution in [0, 0.1) is 0 Å². The van der Waals surface area contributed by atoms with E-state index in [2.05, 4.69) is 51.1 Å². The predicted molar refractivity (Wildman–Crippen MR) is 122 cm³/mol. The van der Waals surface area contributed by atoms with Gasteiger partial charge in [-0.3, -0.25) is 0 Å². The van der Waals surface area contributed by atoms with Crippen LogP contribution in [0.2, 0.25) is 0 Å². The zero-order valence-corrected chi connectivity index (χ0v) is 18.9. The molecule has 3 aromatic rings. The molecule has 0 fully saturated rings. The molecule has 0 saturated carbocycles. The van der Waals surface area contributed by atoms with Crippen LogP contribution in [-0.2, 0) is 19.4 Å². The van der Waals surface area contributed by atoms with Gasteiger partial charge in [0.2, 0.25) is 0 Å². The molecule has 2 aliphatic rings. The first-order chi connectivity index (χ1) is 14.2. The van der Waals surface area contributed by atoms with Gasteiger partial charge in [0, 0.05) is 32.5 Å². The summed E-state index contributed by atoms with van der Waals surface area (Å²) in [6.45, 7) is 2.83. The van der Waals surface area contributed by atoms with Crippen LogP contribution in [0.25, 0.3) is 5.00 Å². The SMILES string of the molecule is CC[C@H]1c2cccn2-c2sc3c(c2CN1C(=O)Nc1ccc(Br)cc1)CCCC3. The number of benzene rings is 1. The number of carbonyl (C=O) groups is 1. The summed E-state index contributed by atoms with van der Waals surface area (Å²) in [5.74, 6) is 0. The lowest BCUT2D eigenvalue weighted by Gasteiger charge is -2.30. The standard InChI is InChI=1S/C23H24BrN3OS/c1-2-19-20-7-5-13-26(20)22-18(17-6-3-4-8-21(17)29-22)14-27(19)23(28)25-16-11-9-15(24)10-12-16/h5,7,9-13,19H,2-4,6,8,14H2,1H3,(H,25,28)/t19-/m0/s1. The highest BCUT2D eigenvalue weighted by Gasteiger charge is 2.34. The number of hydrogen-bond acceptors (Lipinski definition) is 2. The first kappa shape index (κ1) is 18.9. The molecule has 1 aliphatic carbocycles. The number of fused-ring (bicyclic) bond motifs is 5. The van der Waals surface area contributed by atoms with Crippen LogP contribution in [0.1, 0.15) is 53.9 Å². The van der Waals surface area contributed by atoms with Gasteiger partial charge in [0.25, 0.3) is 0 Å². The highest BCUT2D eigenvalue weighted by atomic mass is 79.9. The van der Waals surface area contributed by atoms with Crippen LogP contribution in [0.5, 0.6) is 0 Å². The number of nitrogens with zero attached hydrogens (tertiary/aromatic N) is 2. The maximum Gasteiger partial charge on any atom is 0.322 e. The van der Waals surface area contributed by atoms with Crippen molar-refractivity contribution in [1.82, 2.24) is 9.47 Å². The second-order valence-corrected chi connectivity index (χ2v) is 9.79. The van der Waals surface area contributed by atoms with Crippen molar-refractivity contribution in [3.8, 4) is 5.00 Å². The van der Waals surface area contributed by atoms with Gasteiger partial charge in [0.05, 0.1) is 12.6 Å². The molecule has 4 nitrogen and oxygen atoms in total. The quantitative estimate of drug-likeness (QED) is 0.446. The average Bonchev–Trinajstić information content (AvgIpc) is 3.32. The number of rotatable bonds is 2. The van der Waals surface area contributed by atoms with Gasteiger partial charge < -0.3 is 14.8 Å². The lowest BCUT2D eigenvalue weighted by atomic mass is 9.95. The topological polar surface area (TPSA) is 37.3 Å². The van der Waals surface area contributed by atoms with E-state index in [9.17, 15) is 4.79 Å². The maximum absolute atomic E-state index is 13.4. The third-order valence-electron chi connectivity index (χ3n) is 6.05. The molecule has 2 aromatic heterocycles. The molecule has 0 bridgehead atoms. The minimum Gasteiger partial charge on any atom is -0.312 e. The lowest BCUT2D eigenvalue weighted by Crippen LogP contribution is -2.37. The van der Waals surface area contributed by atoms with Crippen LogP contribution in [0.3, 0.4) is 0 Å². The maximum atomic E-state index is 13.4. The van der Waals surface area contributed by atoms with E-state index in [1.807, 2.05) is 40.5 Å². The summed E-state index contributed by atoms with van der Waals surface area (Å²) >= 11 is 5.39. The lowest BCUT2D eigenvalue weighted by molar-refractivity contribution is 0.181. The summed E-state index contributed by atoms with van der Waals surface area (Å²) < 4.78 is 3.34. The normalized spacial score (nSPS) is 17.9. The number of aromatic nitrogens is 1. The highest BCUT2D eigenvalue weighted by Crippen LogP contribution is 2.43. The van der Waals surface area contributed by atoms with Gasteiger partial charge in [-0.05, 0) is 74.1 Å². The summed E-state index contributed by atoms with van der Waals surface area (Å²) in [5.41, 5.74) is 4.87. The molecular formula is C23H24BrN3OS. The van der Waals surface area contributed by atoms with Gasteiger partial charge >= 0.3 is 6.03 Å². The molecule has 6 heteroatoms. The Morgan fingerprint density at radius 1 is 1.17 bits per heavy atom. The van der Waals surface area contributed by atoms with E-state index in [-0.39, 0.29) is 12.1 Å². The molecule has 0 radical (unpaired) electrons. The smallest absolute Gasteiger partial charge is 0.312 e. The molecule has 1 N–H and O–H groups in total. The minimum atomic E-state index is -0.0319. The van der Waals surface area contributed by atoms with Crippen LogP contribution < -0.4 is 5.32 Å². The molecule has 0 unspecified atom stereocenters. The van der Waals surface area contributed by atoms with E-state index < -0.39 is 0 Å². The molecular weight excluding hydrogens is 446 g/mol. The number of urea groups is 1. The molecule has 5 rings (SSSR count). The average molecular weight is 470 g/mol. The first-order valence-electron chi connectivity index (χ1n) is 10.3. The third-order valence-corrected chi connectivity index (χ3v) is 7.91. The van der Waals surface area contributed by atoms with Crippen LogP contribution in [0.4, 0.5) is 10.5 Å². The number of hydrogen-bond donors (Lipinski definition) is 1. The number of anilines is 1. The Hall–Kier alpha value is -2.05. The zero-order valence-electron chi connectivity index (χ0n) is 16.5. The van der Waals surface area contributed by atoms with Crippen LogP contribution in [0.15, 0.2) is 47.1 Å². The van der Waals surface area contributed by atoms with E-state index in [1.54, 1.807) is 0 Å². The number of nitrogens with one attached hydrogen (secondary N) is 1. The summed E-state index contributed by atoms with van der Waals surface area (Å²) in [7, 11) is 0. The van der Waals surface area contributed by atoms with Crippen molar-refractivity contribution < 1.29 is 4.79 Å². The number of thiophene rings is 1. The van der Waals surface area contributed by atoms with Gasteiger partial charge in [-0.15, -0.1) is 11.3 Å². The van der Waals surface area contributed by atoms with E-state index >= 15 is 0 Å². The van der Waals surface area contributed by atoms with Crippen LogP contribution in [-0.4, -0.2) is 15.5 Å². The Balaban J connectivity index is 1.56. The fraction of sp³-hybridized carbons (Fsp3) is 0.348. The predicted octanol–water partition coefficient (Wildman–Crippen LogP) is 6.68. The molecule has 1 atom stereocenters. The highest BCUT2D eigenvalue weighted by molar-refractivity contribution is 9.10. The summed E-state index contributed by atoms with van der Waals surface area (Å²) in [6, 6.07) is 12.1. The van der Waals surface area contributed by atoms with E-state index in [0.29, 0.717) is 6.54 Å². The molecule has 0 spiro atoms. The number of halogens is 1. The van der Waals surface area contributed by atoms with Crippen molar-refractivity contribution in [2.24, 2.45) is 0 Å².